The second-order valence-corrected chi connectivity index (χ2v) is 5.77. The Hall–Kier alpha value is -2.08. The molecule has 0 aliphatic heterocycles. The van der Waals surface area contributed by atoms with Gasteiger partial charge in [-0.15, -0.1) is 0 Å². The van der Waals surface area contributed by atoms with Gasteiger partial charge in [-0.3, -0.25) is 4.57 Å². The molecule has 0 radical (unpaired) electrons. The highest BCUT2D eigenvalue weighted by Crippen LogP contribution is 2.26. The normalized spacial score (nSPS) is 11.0. The molecule has 3 rings (SSSR count). The molecule has 6 heteroatoms. The lowest BCUT2D eigenvalue weighted by Gasteiger charge is -2.11. The van der Waals surface area contributed by atoms with E-state index in [0.29, 0.717) is 17.5 Å². The van der Waals surface area contributed by atoms with Crippen LogP contribution in [0, 0.1) is 20.8 Å². The fourth-order valence-corrected chi connectivity index (χ4v) is 2.90. The molecule has 0 spiro atoms. The van der Waals surface area contributed by atoms with Crippen molar-refractivity contribution in [2.24, 2.45) is 0 Å². The predicted octanol–water partition coefficient (Wildman–Crippen LogP) is 3.47. The lowest BCUT2D eigenvalue weighted by Crippen LogP contribution is -1.99. The van der Waals surface area contributed by atoms with Crippen molar-refractivity contribution in [2.45, 2.75) is 31.7 Å². The SMILES string of the molecule is Cc1noc(CSc2nccn2-c2cccc(C)c2C)n1. The Morgan fingerprint density at radius 1 is 1.24 bits per heavy atom. The van der Waals surface area contributed by atoms with E-state index in [4.69, 9.17) is 4.52 Å². The molecule has 0 unspecified atom stereocenters. The van der Waals surface area contributed by atoms with E-state index in [1.54, 1.807) is 11.8 Å². The maximum atomic E-state index is 5.13. The maximum absolute atomic E-state index is 5.13. The van der Waals surface area contributed by atoms with E-state index in [9.17, 15) is 0 Å². The van der Waals surface area contributed by atoms with E-state index < -0.39 is 0 Å². The van der Waals surface area contributed by atoms with Gasteiger partial charge in [-0.05, 0) is 38.0 Å². The van der Waals surface area contributed by atoms with Crippen LogP contribution in [0.5, 0.6) is 0 Å². The largest absolute Gasteiger partial charge is 0.338 e. The number of hydrogen-bond donors (Lipinski definition) is 0. The van der Waals surface area contributed by atoms with Gasteiger partial charge in [-0.25, -0.2) is 4.98 Å². The Kier molecular flexibility index (Phi) is 3.79. The molecule has 0 aliphatic carbocycles. The van der Waals surface area contributed by atoms with Gasteiger partial charge < -0.3 is 4.52 Å². The molecular formula is C15H16N4OS. The quantitative estimate of drug-likeness (QED) is 0.690. The lowest BCUT2D eigenvalue weighted by molar-refractivity contribution is 0.387. The Morgan fingerprint density at radius 3 is 2.86 bits per heavy atom. The summed E-state index contributed by atoms with van der Waals surface area (Å²) in [6, 6.07) is 6.28. The van der Waals surface area contributed by atoms with Crippen molar-refractivity contribution in [2.75, 3.05) is 0 Å². The summed E-state index contributed by atoms with van der Waals surface area (Å²) in [5.74, 6) is 1.89. The standard InChI is InChI=1S/C15H16N4OS/c1-10-5-4-6-13(11(10)2)19-8-7-16-15(19)21-9-14-17-12(3)18-20-14/h4-8H,9H2,1-3H3. The van der Waals surface area contributed by atoms with E-state index in [2.05, 4.69) is 51.7 Å². The van der Waals surface area contributed by atoms with Crippen LogP contribution >= 0.6 is 11.8 Å². The van der Waals surface area contributed by atoms with Gasteiger partial charge in [0.05, 0.1) is 11.4 Å². The topological polar surface area (TPSA) is 56.7 Å². The molecule has 2 aromatic heterocycles. The minimum Gasteiger partial charge on any atom is -0.338 e. The molecule has 0 bridgehead atoms. The van der Waals surface area contributed by atoms with Crippen molar-refractivity contribution in [1.29, 1.82) is 0 Å². The van der Waals surface area contributed by atoms with E-state index in [0.717, 1.165) is 10.8 Å². The Morgan fingerprint density at radius 2 is 2.10 bits per heavy atom. The number of thioether (sulfide) groups is 1. The van der Waals surface area contributed by atoms with Crippen molar-refractivity contribution in [3.05, 3.63) is 53.4 Å². The predicted molar refractivity (Wildman–Crippen MR) is 81.6 cm³/mol. The van der Waals surface area contributed by atoms with Crippen molar-refractivity contribution in [3.8, 4) is 5.69 Å². The fraction of sp³-hybridized carbons (Fsp3) is 0.267. The summed E-state index contributed by atoms with van der Waals surface area (Å²) in [5, 5.41) is 4.71. The van der Waals surface area contributed by atoms with E-state index in [-0.39, 0.29) is 0 Å². The summed E-state index contributed by atoms with van der Waals surface area (Å²) in [6.45, 7) is 6.05. The minimum atomic E-state index is 0.614. The molecule has 108 valence electrons. The second kappa shape index (κ2) is 5.73. The molecule has 0 fully saturated rings. The summed E-state index contributed by atoms with van der Waals surface area (Å²) in [4.78, 5) is 8.63. The van der Waals surface area contributed by atoms with Gasteiger partial charge >= 0.3 is 0 Å². The van der Waals surface area contributed by atoms with Crippen molar-refractivity contribution in [3.63, 3.8) is 0 Å². The van der Waals surface area contributed by atoms with Crippen LogP contribution < -0.4 is 0 Å². The number of hydrogen-bond acceptors (Lipinski definition) is 5. The molecule has 3 aromatic rings. The molecule has 0 atom stereocenters. The van der Waals surface area contributed by atoms with Crippen LogP contribution in [-0.2, 0) is 5.75 Å². The van der Waals surface area contributed by atoms with Crippen LogP contribution in [0.25, 0.3) is 5.69 Å². The third-order valence-electron chi connectivity index (χ3n) is 3.34. The summed E-state index contributed by atoms with van der Waals surface area (Å²) in [7, 11) is 0. The number of benzene rings is 1. The monoisotopic (exact) mass is 300 g/mol. The number of aromatic nitrogens is 4. The average molecular weight is 300 g/mol. The summed E-state index contributed by atoms with van der Waals surface area (Å²) in [5.41, 5.74) is 3.67. The van der Waals surface area contributed by atoms with Gasteiger partial charge in [0, 0.05) is 12.4 Å². The van der Waals surface area contributed by atoms with E-state index >= 15 is 0 Å². The molecule has 2 heterocycles. The first kappa shape index (κ1) is 13.9. The highest BCUT2D eigenvalue weighted by atomic mass is 32.2. The molecular weight excluding hydrogens is 284 g/mol. The number of aryl methyl sites for hydroxylation is 2. The molecule has 0 amide bonds. The minimum absolute atomic E-state index is 0.614. The lowest BCUT2D eigenvalue weighted by atomic mass is 10.1. The molecule has 0 saturated heterocycles. The fourth-order valence-electron chi connectivity index (χ4n) is 2.10. The maximum Gasteiger partial charge on any atom is 0.237 e. The molecule has 21 heavy (non-hydrogen) atoms. The Balaban J connectivity index is 1.85. The smallest absolute Gasteiger partial charge is 0.237 e. The first-order chi connectivity index (χ1) is 10.1. The third kappa shape index (κ3) is 2.85. The third-order valence-corrected chi connectivity index (χ3v) is 4.29. The van der Waals surface area contributed by atoms with E-state index in [1.807, 2.05) is 19.3 Å². The zero-order valence-corrected chi connectivity index (χ0v) is 13.0. The zero-order chi connectivity index (χ0) is 14.8. The van der Waals surface area contributed by atoms with Gasteiger partial charge in [0.1, 0.15) is 0 Å². The second-order valence-electron chi connectivity index (χ2n) is 4.82. The Labute approximate surface area is 127 Å². The molecule has 0 N–H and O–H groups in total. The van der Waals surface area contributed by atoms with E-state index in [1.165, 1.54) is 11.1 Å². The van der Waals surface area contributed by atoms with Crippen LogP contribution in [0.1, 0.15) is 22.8 Å². The summed E-state index contributed by atoms with van der Waals surface area (Å²) >= 11 is 1.59. The first-order valence-corrected chi connectivity index (χ1v) is 7.65. The van der Waals surface area contributed by atoms with Crippen LogP contribution in [-0.4, -0.2) is 19.7 Å². The molecule has 5 nitrogen and oxygen atoms in total. The van der Waals surface area contributed by atoms with Crippen molar-refractivity contribution < 1.29 is 4.52 Å². The van der Waals surface area contributed by atoms with Crippen LogP contribution in [0.2, 0.25) is 0 Å². The number of rotatable bonds is 4. The number of nitrogens with zero attached hydrogens (tertiary/aromatic N) is 4. The van der Waals surface area contributed by atoms with Crippen molar-refractivity contribution >= 4 is 11.8 Å². The zero-order valence-electron chi connectivity index (χ0n) is 12.2. The van der Waals surface area contributed by atoms with Gasteiger partial charge in [0.2, 0.25) is 5.89 Å². The number of imidazole rings is 1. The van der Waals surface area contributed by atoms with Crippen LogP contribution in [0.4, 0.5) is 0 Å². The van der Waals surface area contributed by atoms with Gasteiger partial charge in [-0.2, -0.15) is 4.98 Å². The highest BCUT2D eigenvalue weighted by molar-refractivity contribution is 7.98. The average Bonchev–Trinajstić information content (AvgIpc) is 3.08. The summed E-state index contributed by atoms with van der Waals surface area (Å²) in [6.07, 6.45) is 3.78. The molecule has 1 aromatic carbocycles. The summed E-state index contributed by atoms with van der Waals surface area (Å²) < 4.78 is 7.23. The highest BCUT2D eigenvalue weighted by Gasteiger charge is 2.11. The van der Waals surface area contributed by atoms with Crippen molar-refractivity contribution in [1.82, 2.24) is 19.7 Å². The first-order valence-electron chi connectivity index (χ1n) is 6.67. The molecule has 0 aliphatic rings. The van der Waals surface area contributed by atoms with Gasteiger partial charge in [0.25, 0.3) is 0 Å². The van der Waals surface area contributed by atoms with Gasteiger partial charge in [0.15, 0.2) is 11.0 Å². The van der Waals surface area contributed by atoms with Crippen LogP contribution in [0.15, 0.2) is 40.3 Å². The van der Waals surface area contributed by atoms with Crippen LogP contribution in [0.3, 0.4) is 0 Å². The Bertz CT molecular complexity index is 763. The van der Waals surface area contributed by atoms with Gasteiger partial charge in [-0.1, -0.05) is 29.1 Å². The molecule has 0 saturated carbocycles.